The molecule has 2 fully saturated rings. The van der Waals surface area contributed by atoms with Crippen LogP contribution in [0.4, 0.5) is 0 Å². The SMILES string of the molecule is CC(C)(C)CCN1CCC2(CC1)CC2CN=C(N)/C=C\C(=N)c1ccc2ncccc2c1. The second-order valence-electron chi connectivity index (χ2n) is 10.8. The van der Waals surface area contributed by atoms with Crippen LogP contribution >= 0.6 is 0 Å². The lowest BCUT2D eigenvalue weighted by atomic mass is 9.88. The lowest BCUT2D eigenvalue weighted by molar-refractivity contribution is 0.146. The van der Waals surface area contributed by atoms with Crippen molar-refractivity contribution in [2.45, 2.75) is 46.5 Å². The molecule has 2 aliphatic rings. The highest BCUT2D eigenvalue weighted by molar-refractivity contribution is 6.11. The van der Waals surface area contributed by atoms with Gasteiger partial charge in [-0.25, -0.2) is 0 Å². The molecule has 1 aromatic carbocycles. The van der Waals surface area contributed by atoms with Gasteiger partial charge in [0.2, 0.25) is 0 Å². The Balaban J connectivity index is 1.25. The Hall–Kier alpha value is -2.53. The fraction of sp³-hybridized carbons (Fsp3) is 0.519. The van der Waals surface area contributed by atoms with E-state index in [-0.39, 0.29) is 0 Å². The predicted octanol–water partition coefficient (Wildman–Crippen LogP) is 5.05. The number of pyridine rings is 1. The number of fused-ring (bicyclic) bond motifs is 1. The number of benzene rings is 1. The van der Waals surface area contributed by atoms with E-state index in [1.54, 1.807) is 18.3 Å². The average molecular weight is 432 g/mol. The van der Waals surface area contributed by atoms with Crippen molar-refractivity contribution < 1.29 is 0 Å². The van der Waals surface area contributed by atoms with Crippen LogP contribution in [0.5, 0.6) is 0 Å². The lowest BCUT2D eigenvalue weighted by Gasteiger charge is -2.34. The summed E-state index contributed by atoms with van der Waals surface area (Å²) < 4.78 is 0. The molecule has 5 nitrogen and oxygen atoms in total. The van der Waals surface area contributed by atoms with Crippen molar-refractivity contribution >= 4 is 22.5 Å². The quantitative estimate of drug-likeness (QED) is 0.475. The van der Waals surface area contributed by atoms with Gasteiger partial charge in [-0.1, -0.05) is 32.9 Å². The molecule has 1 spiro atoms. The van der Waals surface area contributed by atoms with Gasteiger partial charge in [0.1, 0.15) is 5.84 Å². The van der Waals surface area contributed by atoms with Crippen LogP contribution in [0.15, 0.2) is 53.7 Å². The van der Waals surface area contributed by atoms with Crippen molar-refractivity contribution in [2.24, 2.45) is 27.5 Å². The third-order valence-electron chi connectivity index (χ3n) is 7.22. The summed E-state index contributed by atoms with van der Waals surface area (Å²) >= 11 is 0. The minimum atomic E-state index is 0.416. The number of likely N-dealkylation sites (tertiary alicyclic amines) is 1. The summed E-state index contributed by atoms with van der Waals surface area (Å²) in [7, 11) is 0. The number of nitrogens with two attached hydrogens (primary N) is 1. The number of aromatic nitrogens is 1. The molecule has 1 aliphatic heterocycles. The molecular formula is C27H37N5. The van der Waals surface area contributed by atoms with E-state index in [4.69, 9.17) is 11.1 Å². The van der Waals surface area contributed by atoms with Gasteiger partial charge in [-0.05, 0) is 92.4 Å². The minimum Gasteiger partial charge on any atom is -0.384 e. The van der Waals surface area contributed by atoms with E-state index >= 15 is 0 Å². The van der Waals surface area contributed by atoms with Gasteiger partial charge in [0.25, 0.3) is 0 Å². The first-order chi connectivity index (χ1) is 15.2. The van der Waals surface area contributed by atoms with Crippen LogP contribution in [0.25, 0.3) is 10.9 Å². The van der Waals surface area contributed by atoms with E-state index in [2.05, 4.69) is 35.6 Å². The summed E-state index contributed by atoms with van der Waals surface area (Å²) in [6, 6.07) is 9.79. The van der Waals surface area contributed by atoms with Crippen LogP contribution in [-0.2, 0) is 0 Å². The first kappa shape index (κ1) is 22.7. The Morgan fingerprint density at radius 2 is 2.03 bits per heavy atom. The molecule has 2 aromatic rings. The molecule has 170 valence electrons. The molecule has 0 bridgehead atoms. The Labute approximate surface area is 192 Å². The molecule has 0 radical (unpaired) electrons. The van der Waals surface area contributed by atoms with Crippen molar-refractivity contribution in [3.63, 3.8) is 0 Å². The molecule has 1 unspecified atom stereocenters. The minimum absolute atomic E-state index is 0.416. The summed E-state index contributed by atoms with van der Waals surface area (Å²) in [5.41, 5.74) is 9.29. The number of piperidine rings is 1. The zero-order valence-corrected chi connectivity index (χ0v) is 19.8. The Morgan fingerprint density at radius 1 is 1.25 bits per heavy atom. The summed E-state index contributed by atoms with van der Waals surface area (Å²) in [5, 5.41) is 9.39. The fourth-order valence-electron chi connectivity index (χ4n) is 4.79. The van der Waals surface area contributed by atoms with Gasteiger partial charge >= 0.3 is 0 Å². The van der Waals surface area contributed by atoms with Crippen molar-refractivity contribution in [1.82, 2.24) is 9.88 Å². The van der Waals surface area contributed by atoms with Gasteiger partial charge in [-0.15, -0.1) is 0 Å². The van der Waals surface area contributed by atoms with E-state index in [1.165, 1.54) is 45.3 Å². The highest BCUT2D eigenvalue weighted by Crippen LogP contribution is 2.59. The van der Waals surface area contributed by atoms with Crippen LogP contribution in [-0.4, -0.2) is 47.6 Å². The van der Waals surface area contributed by atoms with Crippen molar-refractivity contribution in [3.05, 3.63) is 54.2 Å². The Morgan fingerprint density at radius 3 is 2.78 bits per heavy atom. The molecule has 1 aromatic heterocycles. The molecule has 32 heavy (non-hydrogen) atoms. The summed E-state index contributed by atoms with van der Waals surface area (Å²) in [6.45, 7) is 11.5. The van der Waals surface area contributed by atoms with Gasteiger partial charge < -0.3 is 16.0 Å². The molecular weight excluding hydrogens is 394 g/mol. The number of rotatable bonds is 7. The predicted molar refractivity (Wildman–Crippen MR) is 134 cm³/mol. The topological polar surface area (TPSA) is 78.4 Å². The van der Waals surface area contributed by atoms with E-state index in [1.807, 2.05) is 30.3 Å². The van der Waals surface area contributed by atoms with E-state index in [9.17, 15) is 0 Å². The van der Waals surface area contributed by atoms with E-state index in [0.717, 1.165) is 23.0 Å². The largest absolute Gasteiger partial charge is 0.384 e. The number of hydrogen-bond donors (Lipinski definition) is 2. The van der Waals surface area contributed by atoms with Crippen LogP contribution in [0.3, 0.4) is 0 Å². The monoisotopic (exact) mass is 431 g/mol. The number of hydrogen-bond acceptors (Lipinski definition) is 4. The van der Waals surface area contributed by atoms with Crippen LogP contribution in [0.2, 0.25) is 0 Å². The molecule has 0 amide bonds. The third kappa shape index (κ3) is 5.63. The van der Waals surface area contributed by atoms with Crippen molar-refractivity contribution in [2.75, 3.05) is 26.2 Å². The van der Waals surface area contributed by atoms with Gasteiger partial charge in [0, 0.05) is 23.7 Å². The second-order valence-corrected chi connectivity index (χ2v) is 10.8. The number of aliphatic imine (C=N–C) groups is 1. The molecule has 1 saturated carbocycles. The number of nitrogens with one attached hydrogen (secondary N) is 1. The van der Waals surface area contributed by atoms with Gasteiger partial charge in [-0.2, -0.15) is 0 Å². The van der Waals surface area contributed by atoms with Crippen LogP contribution < -0.4 is 5.73 Å². The normalized spacial score (nSPS) is 21.5. The first-order valence-electron chi connectivity index (χ1n) is 11.9. The molecule has 1 aliphatic carbocycles. The van der Waals surface area contributed by atoms with Crippen LogP contribution in [0, 0.1) is 22.2 Å². The molecule has 5 heteroatoms. The smallest absolute Gasteiger partial charge is 0.118 e. The van der Waals surface area contributed by atoms with E-state index in [0.29, 0.717) is 28.3 Å². The van der Waals surface area contributed by atoms with E-state index < -0.39 is 0 Å². The first-order valence-corrected chi connectivity index (χ1v) is 11.9. The molecule has 3 N–H and O–H groups in total. The van der Waals surface area contributed by atoms with Crippen LogP contribution in [0.1, 0.15) is 52.0 Å². The van der Waals surface area contributed by atoms with Crippen molar-refractivity contribution in [1.29, 1.82) is 5.41 Å². The zero-order chi connectivity index (χ0) is 22.8. The lowest BCUT2D eigenvalue weighted by Crippen LogP contribution is -2.37. The van der Waals surface area contributed by atoms with Crippen molar-refractivity contribution in [3.8, 4) is 0 Å². The Kier molecular flexibility index (Phi) is 6.47. The maximum Gasteiger partial charge on any atom is 0.118 e. The third-order valence-corrected chi connectivity index (χ3v) is 7.22. The maximum atomic E-state index is 8.35. The molecule has 1 saturated heterocycles. The van der Waals surface area contributed by atoms with Gasteiger partial charge in [0.05, 0.1) is 11.2 Å². The summed E-state index contributed by atoms with van der Waals surface area (Å²) in [5.74, 6) is 1.19. The maximum absolute atomic E-state index is 8.35. The highest BCUT2D eigenvalue weighted by atomic mass is 15.1. The molecule has 4 rings (SSSR count). The average Bonchev–Trinajstić information content (AvgIpc) is 3.46. The second kappa shape index (κ2) is 9.14. The molecule has 2 heterocycles. The number of nitrogens with zero attached hydrogens (tertiary/aromatic N) is 3. The van der Waals surface area contributed by atoms with Gasteiger partial charge in [0.15, 0.2) is 0 Å². The fourth-order valence-corrected chi connectivity index (χ4v) is 4.79. The standard InChI is InChI=1S/C27H37N5/c1-26(2,3)10-14-32-15-11-27(12-16-32)18-22(27)19-31-25(29)9-7-23(28)20-6-8-24-21(17-20)5-4-13-30-24/h4-9,13,17,22,28H,10-12,14-16,18-19H2,1-3H3,(H2,29,31)/b9-7-,28-23?. The highest BCUT2D eigenvalue weighted by Gasteiger charge is 2.54. The summed E-state index contributed by atoms with van der Waals surface area (Å²) in [6.07, 6.45) is 10.4. The number of allylic oxidation sites excluding steroid dienone is 1. The van der Waals surface area contributed by atoms with Gasteiger partial charge in [-0.3, -0.25) is 9.98 Å². The summed E-state index contributed by atoms with van der Waals surface area (Å²) in [4.78, 5) is 11.6. The molecule has 1 atom stereocenters. The Bertz CT molecular complexity index is 1020. The number of amidine groups is 1. The zero-order valence-electron chi connectivity index (χ0n) is 19.8.